The molecule has 1 N–H and O–H groups in total. The Balaban J connectivity index is 2.34. The molecule has 19 heavy (non-hydrogen) atoms. The normalized spacial score (nSPS) is 12.4. The first-order valence-corrected chi connectivity index (χ1v) is 6.47. The number of benzene rings is 1. The van der Waals surface area contributed by atoms with E-state index in [0.717, 1.165) is 24.2 Å². The van der Waals surface area contributed by atoms with Gasteiger partial charge in [0, 0.05) is 6.20 Å². The number of rotatable bonds is 5. The molecule has 1 aromatic carbocycles. The highest BCUT2D eigenvalue weighted by molar-refractivity contribution is 5.30. The van der Waals surface area contributed by atoms with Crippen molar-refractivity contribution in [1.29, 1.82) is 0 Å². The molecule has 1 heterocycles. The van der Waals surface area contributed by atoms with Gasteiger partial charge in [-0.2, -0.15) is 0 Å². The van der Waals surface area contributed by atoms with Crippen molar-refractivity contribution < 1.29 is 4.39 Å². The van der Waals surface area contributed by atoms with Crippen molar-refractivity contribution in [2.75, 3.05) is 6.54 Å². The Bertz CT molecular complexity index is 528. The molecule has 1 atom stereocenters. The number of nitrogens with zero attached hydrogens (tertiary/aromatic N) is 2. The summed E-state index contributed by atoms with van der Waals surface area (Å²) in [4.78, 5) is 8.18. The van der Waals surface area contributed by atoms with E-state index in [4.69, 9.17) is 0 Å². The molecule has 0 aliphatic heterocycles. The molecular weight excluding hydrogens is 241 g/mol. The minimum atomic E-state index is -0.185. The van der Waals surface area contributed by atoms with E-state index in [2.05, 4.69) is 22.2 Å². The molecule has 100 valence electrons. The first kappa shape index (κ1) is 13.6. The SMILES string of the molecule is CCCNC(c1ccc(C)c(F)c1)c1ccncn1. The highest BCUT2D eigenvalue weighted by Crippen LogP contribution is 2.22. The summed E-state index contributed by atoms with van der Waals surface area (Å²) >= 11 is 0. The third-order valence-corrected chi connectivity index (χ3v) is 3.03. The third kappa shape index (κ3) is 3.35. The maximum atomic E-state index is 13.7. The highest BCUT2D eigenvalue weighted by Gasteiger charge is 2.15. The van der Waals surface area contributed by atoms with Crippen LogP contribution in [0, 0.1) is 12.7 Å². The molecule has 0 spiro atoms. The van der Waals surface area contributed by atoms with Gasteiger partial charge in [-0.25, -0.2) is 14.4 Å². The molecule has 2 aromatic rings. The molecular formula is C15H18FN3. The van der Waals surface area contributed by atoms with Crippen LogP contribution in [0.5, 0.6) is 0 Å². The van der Waals surface area contributed by atoms with Crippen LogP contribution in [0.25, 0.3) is 0 Å². The fourth-order valence-electron chi connectivity index (χ4n) is 1.94. The maximum Gasteiger partial charge on any atom is 0.126 e. The van der Waals surface area contributed by atoms with Crippen LogP contribution in [0.2, 0.25) is 0 Å². The van der Waals surface area contributed by atoms with Crippen LogP contribution in [0.1, 0.15) is 36.2 Å². The van der Waals surface area contributed by atoms with Crippen LogP contribution < -0.4 is 5.32 Å². The Hall–Kier alpha value is -1.81. The molecule has 0 saturated heterocycles. The lowest BCUT2D eigenvalue weighted by atomic mass is 10.0. The van der Waals surface area contributed by atoms with Gasteiger partial charge in [-0.3, -0.25) is 0 Å². The molecule has 0 aliphatic rings. The predicted molar refractivity (Wildman–Crippen MR) is 73.3 cm³/mol. The van der Waals surface area contributed by atoms with Crippen molar-refractivity contribution in [2.24, 2.45) is 0 Å². The Morgan fingerprint density at radius 2 is 2.16 bits per heavy atom. The summed E-state index contributed by atoms with van der Waals surface area (Å²) in [5.74, 6) is -0.185. The van der Waals surface area contributed by atoms with E-state index in [1.807, 2.05) is 12.1 Å². The second kappa shape index (κ2) is 6.38. The van der Waals surface area contributed by atoms with Gasteiger partial charge in [0.1, 0.15) is 12.1 Å². The molecule has 0 amide bonds. The average molecular weight is 259 g/mol. The van der Waals surface area contributed by atoms with Gasteiger partial charge in [0.25, 0.3) is 0 Å². The monoisotopic (exact) mass is 259 g/mol. The van der Waals surface area contributed by atoms with Crippen LogP contribution in [0.4, 0.5) is 4.39 Å². The fourth-order valence-corrected chi connectivity index (χ4v) is 1.94. The molecule has 4 heteroatoms. The summed E-state index contributed by atoms with van der Waals surface area (Å²) in [6.45, 7) is 4.71. The minimum Gasteiger partial charge on any atom is -0.305 e. The largest absolute Gasteiger partial charge is 0.305 e. The van der Waals surface area contributed by atoms with Crippen molar-refractivity contribution in [3.8, 4) is 0 Å². The topological polar surface area (TPSA) is 37.8 Å². The molecule has 2 rings (SSSR count). The van der Waals surface area contributed by atoms with E-state index in [1.165, 1.54) is 6.33 Å². The van der Waals surface area contributed by atoms with Crippen molar-refractivity contribution in [2.45, 2.75) is 26.3 Å². The number of aromatic nitrogens is 2. The zero-order chi connectivity index (χ0) is 13.7. The smallest absolute Gasteiger partial charge is 0.126 e. The molecule has 0 aliphatic carbocycles. The zero-order valence-corrected chi connectivity index (χ0v) is 11.2. The van der Waals surface area contributed by atoms with Crippen LogP contribution in [0.3, 0.4) is 0 Å². The predicted octanol–water partition coefficient (Wildman–Crippen LogP) is 3.01. The fraction of sp³-hybridized carbons (Fsp3) is 0.333. The quantitative estimate of drug-likeness (QED) is 0.897. The Labute approximate surface area is 112 Å². The van der Waals surface area contributed by atoms with E-state index >= 15 is 0 Å². The summed E-state index contributed by atoms with van der Waals surface area (Å²) in [6.07, 6.45) is 4.23. The van der Waals surface area contributed by atoms with Crippen molar-refractivity contribution in [1.82, 2.24) is 15.3 Å². The van der Waals surface area contributed by atoms with Crippen LogP contribution in [-0.4, -0.2) is 16.5 Å². The van der Waals surface area contributed by atoms with Crippen LogP contribution >= 0.6 is 0 Å². The second-order valence-corrected chi connectivity index (χ2v) is 4.53. The van der Waals surface area contributed by atoms with Crippen molar-refractivity contribution >= 4 is 0 Å². The number of hydrogen-bond acceptors (Lipinski definition) is 3. The van der Waals surface area contributed by atoms with Gasteiger partial charge in [-0.15, -0.1) is 0 Å². The van der Waals surface area contributed by atoms with Crippen LogP contribution in [-0.2, 0) is 0 Å². The average Bonchev–Trinajstić information content (AvgIpc) is 2.44. The standard InChI is InChI=1S/C15H18FN3/c1-3-7-18-15(14-6-8-17-10-19-14)12-5-4-11(2)13(16)9-12/h4-6,8-10,15,18H,3,7H2,1-2H3. The molecule has 1 unspecified atom stereocenters. The van der Waals surface area contributed by atoms with Gasteiger partial charge in [0.05, 0.1) is 11.7 Å². The summed E-state index contributed by atoms with van der Waals surface area (Å²) < 4.78 is 13.7. The molecule has 0 saturated carbocycles. The van der Waals surface area contributed by atoms with Gasteiger partial charge in [-0.05, 0) is 43.1 Å². The minimum absolute atomic E-state index is 0.0990. The summed E-state index contributed by atoms with van der Waals surface area (Å²) in [5, 5.41) is 3.39. The third-order valence-electron chi connectivity index (χ3n) is 3.03. The summed E-state index contributed by atoms with van der Waals surface area (Å²) in [5.41, 5.74) is 2.39. The molecule has 1 aromatic heterocycles. The van der Waals surface area contributed by atoms with Crippen molar-refractivity contribution in [3.05, 3.63) is 59.4 Å². The zero-order valence-electron chi connectivity index (χ0n) is 11.2. The first-order valence-electron chi connectivity index (χ1n) is 6.47. The Morgan fingerprint density at radius 1 is 1.32 bits per heavy atom. The highest BCUT2D eigenvalue weighted by atomic mass is 19.1. The van der Waals surface area contributed by atoms with E-state index < -0.39 is 0 Å². The lowest BCUT2D eigenvalue weighted by molar-refractivity contribution is 0.573. The number of hydrogen-bond donors (Lipinski definition) is 1. The first-order chi connectivity index (χ1) is 9.22. The summed E-state index contributed by atoms with van der Waals surface area (Å²) in [6, 6.07) is 7.06. The second-order valence-electron chi connectivity index (χ2n) is 4.53. The van der Waals surface area contributed by atoms with Gasteiger partial charge < -0.3 is 5.32 Å². The van der Waals surface area contributed by atoms with Crippen LogP contribution in [0.15, 0.2) is 36.8 Å². The Morgan fingerprint density at radius 3 is 2.79 bits per heavy atom. The van der Waals surface area contributed by atoms with E-state index in [-0.39, 0.29) is 11.9 Å². The maximum absolute atomic E-state index is 13.7. The lowest BCUT2D eigenvalue weighted by Crippen LogP contribution is -2.24. The lowest BCUT2D eigenvalue weighted by Gasteiger charge is -2.18. The van der Waals surface area contributed by atoms with Gasteiger partial charge in [0.2, 0.25) is 0 Å². The van der Waals surface area contributed by atoms with Gasteiger partial charge in [-0.1, -0.05) is 19.1 Å². The molecule has 3 nitrogen and oxygen atoms in total. The Kier molecular flexibility index (Phi) is 4.58. The van der Waals surface area contributed by atoms with E-state index in [1.54, 1.807) is 25.3 Å². The molecule has 0 bridgehead atoms. The summed E-state index contributed by atoms with van der Waals surface area (Å²) in [7, 11) is 0. The van der Waals surface area contributed by atoms with Gasteiger partial charge in [0.15, 0.2) is 0 Å². The number of halogens is 1. The number of aryl methyl sites for hydroxylation is 1. The van der Waals surface area contributed by atoms with E-state index in [0.29, 0.717) is 5.56 Å². The number of nitrogens with one attached hydrogen (secondary N) is 1. The molecule has 0 fully saturated rings. The molecule has 0 radical (unpaired) electrons. The van der Waals surface area contributed by atoms with E-state index in [9.17, 15) is 4.39 Å². The van der Waals surface area contributed by atoms with Gasteiger partial charge >= 0.3 is 0 Å². The van der Waals surface area contributed by atoms with Crippen molar-refractivity contribution in [3.63, 3.8) is 0 Å².